The van der Waals surface area contributed by atoms with E-state index in [4.69, 9.17) is 5.11 Å². The summed E-state index contributed by atoms with van der Waals surface area (Å²) in [6.45, 7) is 8.97. The van der Waals surface area contributed by atoms with E-state index in [0.717, 1.165) is 32.5 Å². The van der Waals surface area contributed by atoms with Crippen LogP contribution in [0.2, 0.25) is 0 Å². The number of rotatable bonds is 4. The molecular formula is C15H27N3O3. The minimum Gasteiger partial charge on any atom is -0.481 e. The van der Waals surface area contributed by atoms with Crippen LogP contribution in [0.1, 0.15) is 26.7 Å². The summed E-state index contributed by atoms with van der Waals surface area (Å²) in [7, 11) is 0. The van der Waals surface area contributed by atoms with Crippen LogP contribution in [0.15, 0.2) is 0 Å². The van der Waals surface area contributed by atoms with E-state index in [1.54, 1.807) is 4.90 Å². The molecule has 2 atom stereocenters. The number of carbonyl (C=O) groups excluding carboxylic acids is 1. The minimum atomic E-state index is -0.801. The number of carbonyl (C=O) groups is 2. The molecule has 0 radical (unpaired) electrons. The third-order valence-corrected chi connectivity index (χ3v) is 4.91. The van der Waals surface area contributed by atoms with Crippen molar-refractivity contribution in [2.24, 2.45) is 17.8 Å². The Hall–Kier alpha value is -1.30. The molecule has 2 rings (SSSR count). The molecule has 0 aliphatic carbocycles. The number of carboxylic acid groups (broad SMARTS) is 1. The van der Waals surface area contributed by atoms with Gasteiger partial charge in [-0.1, -0.05) is 13.8 Å². The van der Waals surface area contributed by atoms with Crippen LogP contribution in [0.5, 0.6) is 0 Å². The van der Waals surface area contributed by atoms with Crippen LogP contribution in [-0.4, -0.2) is 66.2 Å². The first-order valence-electron chi connectivity index (χ1n) is 7.99. The molecule has 2 unspecified atom stereocenters. The summed E-state index contributed by atoms with van der Waals surface area (Å²) in [5.74, 6) is -0.652. The summed E-state index contributed by atoms with van der Waals surface area (Å²) >= 11 is 0. The molecule has 0 spiro atoms. The summed E-state index contributed by atoms with van der Waals surface area (Å²) in [5.41, 5.74) is 0. The minimum absolute atomic E-state index is 0.0287. The van der Waals surface area contributed by atoms with Crippen LogP contribution in [0.25, 0.3) is 0 Å². The van der Waals surface area contributed by atoms with Crippen molar-refractivity contribution in [3.63, 3.8) is 0 Å². The number of piperidine rings is 1. The quantitative estimate of drug-likeness (QED) is 0.814. The SMILES string of the molecule is CCN1CCC(CNC(=O)N2CC(C)C(C(=O)O)C2)CC1. The number of urea groups is 1. The molecule has 0 aromatic carbocycles. The van der Waals surface area contributed by atoms with Crippen molar-refractivity contribution in [3.05, 3.63) is 0 Å². The number of hydrogen-bond acceptors (Lipinski definition) is 3. The molecule has 2 aliphatic heterocycles. The highest BCUT2D eigenvalue weighted by Gasteiger charge is 2.37. The predicted molar refractivity (Wildman–Crippen MR) is 80.1 cm³/mol. The molecule has 2 fully saturated rings. The van der Waals surface area contributed by atoms with Crippen LogP contribution < -0.4 is 5.32 Å². The standard InChI is InChI=1S/C15H27N3O3/c1-3-17-6-4-12(5-7-17)8-16-15(21)18-9-11(2)13(10-18)14(19)20/h11-13H,3-10H2,1-2H3,(H,16,21)(H,19,20). The van der Waals surface area contributed by atoms with Crippen molar-refractivity contribution in [2.75, 3.05) is 39.3 Å². The second-order valence-electron chi connectivity index (χ2n) is 6.39. The van der Waals surface area contributed by atoms with E-state index >= 15 is 0 Å². The van der Waals surface area contributed by atoms with E-state index in [-0.39, 0.29) is 11.9 Å². The maximum Gasteiger partial charge on any atom is 0.317 e. The molecule has 2 heterocycles. The summed E-state index contributed by atoms with van der Waals surface area (Å²) in [4.78, 5) is 27.3. The third-order valence-electron chi connectivity index (χ3n) is 4.91. The zero-order valence-corrected chi connectivity index (χ0v) is 13.0. The lowest BCUT2D eigenvalue weighted by molar-refractivity contribution is -0.142. The van der Waals surface area contributed by atoms with Crippen LogP contribution >= 0.6 is 0 Å². The van der Waals surface area contributed by atoms with Crippen LogP contribution in [0, 0.1) is 17.8 Å². The molecule has 120 valence electrons. The Morgan fingerprint density at radius 1 is 1.24 bits per heavy atom. The monoisotopic (exact) mass is 297 g/mol. The van der Waals surface area contributed by atoms with Crippen LogP contribution in [-0.2, 0) is 4.79 Å². The Balaban J connectivity index is 1.72. The van der Waals surface area contributed by atoms with Gasteiger partial charge in [0.15, 0.2) is 0 Å². The van der Waals surface area contributed by atoms with E-state index < -0.39 is 11.9 Å². The molecule has 21 heavy (non-hydrogen) atoms. The molecule has 0 bridgehead atoms. The maximum absolute atomic E-state index is 12.1. The molecule has 2 aliphatic rings. The van der Waals surface area contributed by atoms with Crippen molar-refractivity contribution in [2.45, 2.75) is 26.7 Å². The fourth-order valence-electron chi connectivity index (χ4n) is 3.30. The number of amides is 2. The molecule has 0 aromatic heterocycles. The first kappa shape index (κ1) is 16.1. The van der Waals surface area contributed by atoms with Gasteiger partial charge in [-0.3, -0.25) is 4.79 Å². The lowest BCUT2D eigenvalue weighted by Crippen LogP contribution is -2.43. The van der Waals surface area contributed by atoms with Gasteiger partial charge >= 0.3 is 12.0 Å². The number of hydrogen-bond donors (Lipinski definition) is 2. The molecular weight excluding hydrogens is 270 g/mol. The van der Waals surface area contributed by atoms with E-state index in [1.807, 2.05) is 6.92 Å². The smallest absolute Gasteiger partial charge is 0.317 e. The van der Waals surface area contributed by atoms with Crippen molar-refractivity contribution >= 4 is 12.0 Å². The van der Waals surface area contributed by atoms with Gasteiger partial charge in [-0.25, -0.2) is 4.79 Å². The first-order valence-corrected chi connectivity index (χ1v) is 7.99. The van der Waals surface area contributed by atoms with Gasteiger partial charge in [0.2, 0.25) is 0 Å². The van der Waals surface area contributed by atoms with Gasteiger partial charge in [0.05, 0.1) is 5.92 Å². The van der Waals surface area contributed by atoms with E-state index in [1.165, 1.54) is 0 Å². The number of likely N-dealkylation sites (tertiary alicyclic amines) is 2. The fourth-order valence-corrected chi connectivity index (χ4v) is 3.30. The van der Waals surface area contributed by atoms with Gasteiger partial charge in [0.1, 0.15) is 0 Å². The molecule has 2 N–H and O–H groups in total. The molecule has 2 amide bonds. The molecule has 0 saturated carbocycles. The lowest BCUT2D eigenvalue weighted by atomic mass is 9.97. The number of nitrogens with zero attached hydrogens (tertiary/aromatic N) is 2. The van der Waals surface area contributed by atoms with Crippen molar-refractivity contribution in [1.82, 2.24) is 15.1 Å². The molecule has 6 heteroatoms. The highest BCUT2D eigenvalue weighted by molar-refractivity contribution is 5.77. The van der Waals surface area contributed by atoms with Gasteiger partial charge in [-0.05, 0) is 44.3 Å². The number of aliphatic carboxylic acids is 1. The Morgan fingerprint density at radius 3 is 2.43 bits per heavy atom. The topological polar surface area (TPSA) is 72.9 Å². The van der Waals surface area contributed by atoms with E-state index in [2.05, 4.69) is 17.1 Å². The van der Waals surface area contributed by atoms with Crippen molar-refractivity contribution < 1.29 is 14.7 Å². The molecule has 2 saturated heterocycles. The normalized spacial score (nSPS) is 27.8. The van der Waals surface area contributed by atoms with Gasteiger partial charge in [0, 0.05) is 19.6 Å². The van der Waals surface area contributed by atoms with Gasteiger partial charge in [-0.2, -0.15) is 0 Å². The Labute approximate surface area is 126 Å². The van der Waals surface area contributed by atoms with Gasteiger partial charge in [-0.15, -0.1) is 0 Å². The largest absolute Gasteiger partial charge is 0.481 e. The van der Waals surface area contributed by atoms with E-state index in [9.17, 15) is 9.59 Å². The molecule has 0 aromatic rings. The summed E-state index contributed by atoms with van der Waals surface area (Å²) < 4.78 is 0. The zero-order valence-electron chi connectivity index (χ0n) is 13.0. The predicted octanol–water partition coefficient (Wildman–Crippen LogP) is 1.08. The fraction of sp³-hybridized carbons (Fsp3) is 0.867. The Kier molecular flexibility index (Phi) is 5.45. The Bertz CT molecular complexity index is 380. The highest BCUT2D eigenvalue weighted by atomic mass is 16.4. The van der Waals surface area contributed by atoms with Gasteiger partial charge < -0.3 is 20.2 Å². The maximum atomic E-state index is 12.1. The highest BCUT2D eigenvalue weighted by Crippen LogP contribution is 2.23. The summed E-state index contributed by atoms with van der Waals surface area (Å²) in [6, 6.07) is -0.108. The number of nitrogens with one attached hydrogen (secondary N) is 1. The van der Waals surface area contributed by atoms with Crippen molar-refractivity contribution in [1.29, 1.82) is 0 Å². The first-order chi connectivity index (χ1) is 10.0. The van der Waals surface area contributed by atoms with E-state index in [0.29, 0.717) is 25.6 Å². The van der Waals surface area contributed by atoms with Gasteiger partial charge in [0.25, 0.3) is 0 Å². The van der Waals surface area contributed by atoms with Crippen molar-refractivity contribution in [3.8, 4) is 0 Å². The average molecular weight is 297 g/mol. The third kappa shape index (κ3) is 4.09. The van der Waals surface area contributed by atoms with Crippen LogP contribution in [0.4, 0.5) is 4.79 Å². The summed E-state index contributed by atoms with van der Waals surface area (Å²) in [5, 5.41) is 12.1. The van der Waals surface area contributed by atoms with Crippen LogP contribution in [0.3, 0.4) is 0 Å². The second-order valence-corrected chi connectivity index (χ2v) is 6.39. The molecule has 6 nitrogen and oxygen atoms in total. The second kappa shape index (κ2) is 7.11. The average Bonchev–Trinajstić information content (AvgIpc) is 2.87. The zero-order chi connectivity index (χ0) is 15.4. The Morgan fingerprint density at radius 2 is 1.90 bits per heavy atom. The lowest BCUT2D eigenvalue weighted by Gasteiger charge is -2.31. The summed E-state index contributed by atoms with van der Waals surface area (Å²) in [6.07, 6.45) is 2.25. The number of carboxylic acids is 1.